The SMILES string of the molecule is O=c1[nH]c2cc3c(cc2cc1CN(C(=S)Nc1cccc(Cl)c1)C1CCCC1)OCO3. The summed E-state index contributed by atoms with van der Waals surface area (Å²) in [6.45, 7) is 0.623. The molecule has 0 atom stereocenters. The molecule has 2 aromatic carbocycles. The molecule has 1 saturated carbocycles. The first-order valence-electron chi connectivity index (χ1n) is 10.4. The third-order valence-electron chi connectivity index (χ3n) is 5.86. The normalized spacial score (nSPS) is 15.4. The molecule has 0 radical (unpaired) electrons. The predicted molar refractivity (Wildman–Crippen MR) is 126 cm³/mol. The molecule has 5 rings (SSSR count). The molecule has 0 bridgehead atoms. The van der Waals surface area contributed by atoms with Crippen molar-refractivity contribution in [3.63, 3.8) is 0 Å². The highest BCUT2D eigenvalue weighted by Gasteiger charge is 2.26. The number of aromatic nitrogens is 1. The summed E-state index contributed by atoms with van der Waals surface area (Å²) in [4.78, 5) is 18.0. The molecule has 160 valence electrons. The average Bonchev–Trinajstić information content (AvgIpc) is 3.42. The van der Waals surface area contributed by atoms with E-state index in [1.807, 2.05) is 42.5 Å². The summed E-state index contributed by atoms with van der Waals surface area (Å²) >= 11 is 11.9. The average molecular weight is 456 g/mol. The topological polar surface area (TPSA) is 66.6 Å². The molecule has 1 aromatic heterocycles. The van der Waals surface area contributed by atoms with Crippen molar-refractivity contribution >= 4 is 45.5 Å². The Hall–Kier alpha value is -2.77. The van der Waals surface area contributed by atoms with Crippen LogP contribution in [0.15, 0.2) is 47.3 Å². The number of nitrogens with one attached hydrogen (secondary N) is 2. The largest absolute Gasteiger partial charge is 0.454 e. The Morgan fingerprint density at radius 2 is 1.94 bits per heavy atom. The molecule has 8 heteroatoms. The number of benzene rings is 2. The second-order valence-corrected chi connectivity index (χ2v) is 8.75. The summed E-state index contributed by atoms with van der Waals surface area (Å²) in [6.07, 6.45) is 4.44. The Morgan fingerprint density at radius 1 is 1.16 bits per heavy atom. The van der Waals surface area contributed by atoms with Crippen molar-refractivity contribution in [2.45, 2.75) is 38.3 Å². The van der Waals surface area contributed by atoms with Crippen LogP contribution in [0.4, 0.5) is 5.69 Å². The van der Waals surface area contributed by atoms with Gasteiger partial charge in [0.2, 0.25) is 6.79 Å². The van der Waals surface area contributed by atoms with Crippen LogP contribution in [-0.2, 0) is 6.54 Å². The molecule has 6 nitrogen and oxygen atoms in total. The van der Waals surface area contributed by atoms with Crippen LogP contribution >= 0.6 is 23.8 Å². The van der Waals surface area contributed by atoms with Gasteiger partial charge in [-0.2, -0.15) is 0 Å². The number of aromatic amines is 1. The third kappa shape index (κ3) is 4.20. The van der Waals surface area contributed by atoms with Gasteiger partial charge in [0.15, 0.2) is 16.6 Å². The zero-order valence-corrected chi connectivity index (χ0v) is 18.4. The Labute approximate surface area is 190 Å². The van der Waals surface area contributed by atoms with Crippen LogP contribution in [0.3, 0.4) is 0 Å². The minimum absolute atomic E-state index is 0.125. The van der Waals surface area contributed by atoms with E-state index in [1.54, 1.807) is 0 Å². The number of hydrogen-bond donors (Lipinski definition) is 2. The fraction of sp³-hybridized carbons (Fsp3) is 0.304. The van der Waals surface area contributed by atoms with Gasteiger partial charge in [0.1, 0.15) is 0 Å². The monoisotopic (exact) mass is 455 g/mol. The maximum absolute atomic E-state index is 12.9. The number of ether oxygens (including phenoxy) is 2. The van der Waals surface area contributed by atoms with Crippen LogP contribution in [0.5, 0.6) is 11.5 Å². The zero-order valence-electron chi connectivity index (χ0n) is 16.8. The van der Waals surface area contributed by atoms with E-state index in [0.717, 1.165) is 29.4 Å². The highest BCUT2D eigenvalue weighted by Crippen LogP contribution is 2.35. The van der Waals surface area contributed by atoms with Crippen molar-refractivity contribution in [2.75, 3.05) is 12.1 Å². The number of fused-ring (bicyclic) bond motifs is 2. The summed E-state index contributed by atoms with van der Waals surface area (Å²) < 4.78 is 10.9. The molecule has 2 aliphatic rings. The lowest BCUT2D eigenvalue weighted by atomic mass is 10.1. The molecule has 1 aliphatic heterocycles. The van der Waals surface area contributed by atoms with Gasteiger partial charge in [-0.1, -0.05) is 30.5 Å². The van der Waals surface area contributed by atoms with Gasteiger partial charge in [-0.25, -0.2) is 0 Å². The first-order valence-corrected chi connectivity index (χ1v) is 11.1. The van der Waals surface area contributed by atoms with Crippen molar-refractivity contribution in [1.82, 2.24) is 9.88 Å². The number of anilines is 1. The van der Waals surface area contributed by atoms with Gasteiger partial charge >= 0.3 is 0 Å². The van der Waals surface area contributed by atoms with E-state index < -0.39 is 0 Å². The lowest BCUT2D eigenvalue weighted by molar-refractivity contribution is 0.174. The maximum atomic E-state index is 12.9. The van der Waals surface area contributed by atoms with Crippen molar-refractivity contribution in [2.24, 2.45) is 0 Å². The zero-order chi connectivity index (χ0) is 21.4. The lowest BCUT2D eigenvalue weighted by Gasteiger charge is -2.31. The Kier molecular flexibility index (Phi) is 5.46. The fourth-order valence-corrected chi connectivity index (χ4v) is 4.81. The van der Waals surface area contributed by atoms with Gasteiger partial charge in [-0.3, -0.25) is 4.79 Å². The molecular formula is C23H22ClN3O3S. The van der Waals surface area contributed by atoms with E-state index in [4.69, 9.17) is 33.3 Å². The molecule has 0 amide bonds. The smallest absolute Gasteiger partial charge is 0.253 e. The predicted octanol–water partition coefficient (Wildman–Crippen LogP) is 5.05. The van der Waals surface area contributed by atoms with E-state index >= 15 is 0 Å². The van der Waals surface area contributed by atoms with Gasteiger partial charge in [0.05, 0.1) is 12.1 Å². The molecule has 0 saturated heterocycles. The number of H-pyrrole nitrogens is 1. The number of hydrogen-bond acceptors (Lipinski definition) is 4. The van der Waals surface area contributed by atoms with Crippen molar-refractivity contribution in [3.8, 4) is 11.5 Å². The Balaban J connectivity index is 1.45. The quantitative estimate of drug-likeness (QED) is 0.536. The maximum Gasteiger partial charge on any atom is 0.253 e. The van der Waals surface area contributed by atoms with Crippen LogP contribution < -0.4 is 20.3 Å². The molecule has 2 N–H and O–H groups in total. The van der Waals surface area contributed by atoms with Gasteiger partial charge < -0.3 is 24.7 Å². The molecule has 0 spiro atoms. The lowest BCUT2D eigenvalue weighted by Crippen LogP contribution is -2.42. The van der Waals surface area contributed by atoms with Crippen LogP contribution in [0.1, 0.15) is 31.2 Å². The molecule has 31 heavy (non-hydrogen) atoms. The van der Waals surface area contributed by atoms with Crippen molar-refractivity contribution < 1.29 is 9.47 Å². The van der Waals surface area contributed by atoms with E-state index in [0.29, 0.717) is 39.8 Å². The molecule has 3 aromatic rings. The minimum atomic E-state index is -0.125. The highest BCUT2D eigenvalue weighted by molar-refractivity contribution is 7.80. The summed E-state index contributed by atoms with van der Waals surface area (Å²) in [5.74, 6) is 1.34. The van der Waals surface area contributed by atoms with Crippen LogP contribution in [0.2, 0.25) is 5.02 Å². The Morgan fingerprint density at radius 3 is 2.71 bits per heavy atom. The van der Waals surface area contributed by atoms with E-state index in [9.17, 15) is 4.79 Å². The summed E-state index contributed by atoms with van der Waals surface area (Å²) in [5.41, 5.74) is 2.10. The number of nitrogens with zero attached hydrogens (tertiary/aromatic N) is 1. The van der Waals surface area contributed by atoms with Gasteiger partial charge in [-0.15, -0.1) is 0 Å². The first kappa shape index (κ1) is 20.2. The van der Waals surface area contributed by atoms with Crippen molar-refractivity contribution in [1.29, 1.82) is 0 Å². The standard InChI is InChI=1S/C23H22ClN3O3S/c24-16-4-3-5-17(10-16)25-23(31)27(18-6-1-2-7-18)12-15-8-14-9-20-21(30-13-29-20)11-19(14)26-22(15)28/h3-5,8-11,18H,1-2,6-7,12-13H2,(H,25,31)(H,26,28). The van der Waals surface area contributed by atoms with Gasteiger partial charge in [-0.05, 0) is 55.4 Å². The van der Waals surface area contributed by atoms with Gasteiger partial charge in [0.25, 0.3) is 5.56 Å². The number of rotatable bonds is 4. The summed E-state index contributed by atoms with van der Waals surface area (Å²) in [7, 11) is 0. The third-order valence-corrected chi connectivity index (χ3v) is 6.43. The summed E-state index contributed by atoms with van der Waals surface area (Å²) in [5, 5.41) is 5.44. The second kappa shape index (κ2) is 8.40. The molecule has 0 unspecified atom stereocenters. The second-order valence-electron chi connectivity index (χ2n) is 7.92. The van der Waals surface area contributed by atoms with Gasteiger partial charge in [0, 0.05) is 33.8 Å². The summed E-state index contributed by atoms with van der Waals surface area (Å²) in [6, 6.07) is 13.4. The molecule has 1 fully saturated rings. The number of halogens is 1. The van der Waals surface area contributed by atoms with E-state index in [1.165, 1.54) is 12.8 Å². The van der Waals surface area contributed by atoms with Crippen LogP contribution in [0, 0.1) is 0 Å². The highest BCUT2D eigenvalue weighted by atomic mass is 35.5. The Bertz CT molecular complexity index is 1210. The van der Waals surface area contributed by atoms with Crippen molar-refractivity contribution in [3.05, 3.63) is 63.4 Å². The van der Waals surface area contributed by atoms with Crippen LogP contribution in [-0.4, -0.2) is 27.8 Å². The molecule has 2 heterocycles. The van der Waals surface area contributed by atoms with E-state index in [2.05, 4.69) is 15.2 Å². The fourth-order valence-electron chi connectivity index (χ4n) is 4.29. The molecular weight excluding hydrogens is 434 g/mol. The van der Waals surface area contributed by atoms with E-state index in [-0.39, 0.29) is 12.4 Å². The first-order chi connectivity index (χ1) is 15.1. The molecule has 1 aliphatic carbocycles. The number of pyridine rings is 1. The minimum Gasteiger partial charge on any atom is -0.454 e. The van der Waals surface area contributed by atoms with Crippen LogP contribution in [0.25, 0.3) is 10.9 Å². The number of thiocarbonyl (C=S) groups is 1.